The largest absolute Gasteiger partial charge is 0.464 e. The van der Waals surface area contributed by atoms with Crippen LogP contribution in [0.2, 0.25) is 0 Å². The normalized spacial score (nSPS) is 14.9. The Balaban J connectivity index is 1.45. The summed E-state index contributed by atoms with van der Waals surface area (Å²) in [6.45, 7) is -0.439. The molecule has 0 aliphatic carbocycles. The molecule has 2 aromatic rings. The molecule has 1 amide bonds. The second-order valence-electron chi connectivity index (χ2n) is 5.65. The lowest BCUT2D eigenvalue weighted by molar-refractivity contribution is -0.143. The Kier molecular flexibility index (Phi) is 5.81. The number of fused-ring (bicyclic) bond motifs is 1. The summed E-state index contributed by atoms with van der Waals surface area (Å²) in [5, 5.41) is 0. The van der Waals surface area contributed by atoms with Crippen LogP contribution in [-0.2, 0) is 19.6 Å². The van der Waals surface area contributed by atoms with Crippen LogP contribution in [0, 0.1) is 5.82 Å². The molecule has 6 nitrogen and oxygen atoms in total. The van der Waals surface area contributed by atoms with Crippen molar-refractivity contribution in [3.8, 4) is 0 Å². The zero-order valence-corrected chi connectivity index (χ0v) is 15.8. The number of esters is 1. The Morgan fingerprint density at radius 2 is 1.81 bits per heavy atom. The second-order valence-corrected chi connectivity index (χ2v) is 8.65. The third-order valence-corrected chi connectivity index (χ3v) is 6.71. The molecule has 0 spiro atoms. The molecular weight excluding hydrogens is 393 g/mol. The van der Waals surface area contributed by atoms with Crippen molar-refractivity contribution in [3.05, 3.63) is 59.9 Å². The Morgan fingerprint density at radius 1 is 1.11 bits per heavy atom. The molecule has 1 aliphatic heterocycles. The van der Waals surface area contributed by atoms with Gasteiger partial charge >= 0.3 is 5.97 Å². The number of carbonyl (C=O) groups is 2. The summed E-state index contributed by atoms with van der Waals surface area (Å²) in [5.74, 6) is -0.997. The zero-order chi connectivity index (χ0) is 19.4. The van der Waals surface area contributed by atoms with Crippen molar-refractivity contribution in [2.75, 3.05) is 18.9 Å². The number of rotatable bonds is 7. The van der Waals surface area contributed by atoms with Gasteiger partial charge in [0.2, 0.25) is 0 Å². The summed E-state index contributed by atoms with van der Waals surface area (Å²) >= 11 is 1.38. The lowest BCUT2D eigenvalue weighted by atomic mass is 10.2. The molecule has 1 heterocycles. The van der Waals surface area contributed by atoms with Crippen molar-refractivity contribution in [2.24, 2.45) is 0 Å². The lowest BCUT2D eigenvalue weighted by Crippen LogP contribution is -2.33. The highest BCUT2D eigenvalue weighted by molar-refractivity contribution is 7.99. The first kappa shape index (κ1) is 19.4. The highest BCUT2D eigenvalue weighted by Crippen LogP contribution is 2.29. The number of hydrogen-bond acceptors (Lipinski definition) is 6. The van der Waals surface area contributed by atoms with Gasteiger partial charge in [-0.3, -0.25) is 9.59 Å². The lowest BCUT2D eigenvalue weighted by Gasteiger charge is -2.14. The minimum absolute atomic E-state index is 0.0305. The van der Waals surface area contributed by atoms with Gasteiger partial charge in [0.1, 0.15) is 17.3 Å². The van der Waals surface area contributed by atoms with E-state index in [1.807, 2.05) is 0 Å². The van der Waals surface area contributed by atoms with Gasteiger partial charge in [-0.25, -0.2) is 17.1 Å². The van der Waals surface area contributed by atoms with Crippen LogP contribution in [0.3, 0.4) is 0 Å². The van der Waals surface area contributed by atoms with Gasteiger partial charge in [0.25, 0.3) is 15.9 Å². The Labute approximate surface area is 160 Å². The third kappa shape index (κ3) is 4.30. The Bertz CT molecular complexity index is 960. The summed E-state index contributed by atoms with van der Waals surface area (Å²) in [5.41, 5.74) is 0.125. The molecule has 0 saturated heterocycles. The van der Waals surface area contributed by atoms with Gasteiger partial charge in [0.15, 0.2) is 0 Å². The van der Waals surface area contributed by atoms with E-state index in [1.165, 1.54) is 36.0 Å². The summed E-state index contributed by atoms with van der Waals surface area (Å²) in [7, 11) is -3.89. The predicted octanol–water partition coefficient (Wildman–Crippen LogP) is 2.70. The number of amides is 1. The number of thioether (sulfide) groups is 1. The monoisotopic (exact) mass is 409 g/mol. The highest BCUT2D eigenvalue weighted by Gasteiger charge is 2.40. The summed E-state index contributed by atoms with van der Waals surface area (Å²) in [6.07, 6.45) is 0.114. The van der Waals surface area contributed by atoms with Gasteiger partial charge in [0, 0.05) is 10.6 Å². The van der Waals surface area contributed by atoms with Crippen LogP contribution in [0.1, 0.15) is 16.8 Å². The fraction of sp³-hybridized carbons (Fsp3) is 0.222. The molecule has 0 unspecified atom stereocenters. The van der Waals surface area contributed by atoms with Crippen LogP contribution < -0.4 is 0 Å². The van der Waals surface area contributed by atoms with E-state index in [2.05, 4.69) is 0 Å². The van der Waals surface area contributed by atoms with Crippen molar-refractivity contribution in [1.29, 1.82) is 0 Å². The van der Waals surface area contributed by atoms with Crippen LogP contribution in [-0.4, -0.2) is 43.5 Å². The van der Waals surface area contributed by atoms with E-state index in [-0.39, 0.29) is 35.8 Å². The summed E-state index contributed by atoms with van der Waals surface area (Å²) in [6, 6.07) is 11.9. The van der Waals surface area contributed by atoms with Gasteiger partial charge in [-0.15, -0.1) is 11.8 Å². The maximum Gasteiger partial charge on any atom is 0.306 e. The first-order chi connectivity index (χ1) is 12.9. The van der Waals surface area contributed by atoms with E-state index in [4.69, 9.17) is 4.74 Å². The van der Waals surface area contributed by atoms with E-state index in [1.54, 1.807) is 24.3 Å². The molecule has 0 atom stereocenters. The molecular formula is C18H16FNO5S2. The molecule has 0 fully saturated rings. The Morgan fingerprint density at radius 3 is 2.52 bits per heavy atom. The van der Waals surface area contributed by atoms with Gasteiger partial charge in [0.05, 0.1) is 18.5 Å². The van der Waals surface area contributed by atoms with Gasteiger partial charge < -0.3 is 4.74 Å². The maximum atomic E-state index is 12.8. The average Bonchev–Trinajstić information content (AvgIpc) is 2.84. The smallest absolute Gasteiger partial charge is 0.306 e. The molecule has 0 saturated carbocycles. The number of hydrogen-bond donors (Lipinski definition) is 0. The zero-order valence-electron chi connectivity index (χ0n) is 14.1. The van der Waals surface area contributed by atoms with Gasteiger partial charge in [-0.05, 0) is 36.4 Å². The van der Waals surface area contributed by atoms with E-state index < -0.39 is 21.9 Å². The van der Waals surface area contributed by atoms with Crippen molar-refractivity contribution in [3.63, 3.8) is 0 Å². The van der Waals surface area contributed by atoms with Gasteiger partial charge in [-0.1, -0.05) is 12.1 Å². The Hall–Kier alpha value is -2.39. The van der Waals surface area contributed by atoms with E-state index in [0.29, 0.717) is 5.75 Å². The first-order valence-corrected chi connectivity index (χ1v) is 10.5. The van der Waals surface area contributed by atoms with Crippen molar-refractivity contribution < 1.29 is 27.1 Å². The molecule has 0 N–H and O–H groups in total. The van der Waals surface area contributed by atoms with E-state index >= 15 is 0 Å². The fourth-order valence-electron chi connectivity index (χ4n) is 2.55. The molecule has 142 valence electrons. The second kappa shape index (κ2) is 8.10. The molecule has 27 heavy (non-hydrogen) atoms. The van der Waals surface area contributed by atoms with Crippen LogP contribution in [0.15, 0.2) is 58.3 Å². The number of sulfonamides is 1. The molecule has 0 aromatic heterocycles. The molecule has 2 aromatic carbocycles. The SMILES string of the molecule is O=C(CCSc1ccc(F)cc1)OCCN1C(=O)c2ccccc2S1(=O)=O. The number of nitrogens with zero attached hydrogens (tertiary/aromatic N) is 1. The van der Waals surface area contributed by atoms with Crippen molar-refractivity contribution in [2.45, 2.75) is 16.2 Å². The molecule has 3 rings (SSSR count). The first-order valence-electron chi connectivity index (χ1n) is 8.09. The highest BCUT2D eigenvalue weighted by atomic mass is 32.2. The van der Waals surface area contributed by atoms with Gasteiger partial charge in [-0.2, -0.15) is 0 Å². The maximum absolute atomic E-state index is 12.8. The van der Waals surface area contributed by atoms with E-state index in [0.717, 1.165) is 9.20 Å². The number of carbonyl (C=O) groups excluding carboxylic acids is 2. The molecule has 0 radical (unpaired) electrons. The van der Waals surface area contributed by atoms with Crippen molar-refractivity contribution >= 4 is 33.7 Å². The molecule has 9 heteroatoms. The minimum Gasteiger partial charge on any atom is -0.464 e. The fourth-order valence-corrected chi connectivity index (χ4v) is 4.94. The third-order valence-electron chi connectivity index (χ3n) is 3.86. The molecule has 0 bridgehead atoms. The number of halogens is 1. The quantitative estimate of drug-likeness (QED) is 0.517. The van der Waals surface area contributed by atoms with Crippen LogP contribution in [0.4, 0.5) is 4.39 Å². The van der Waals surface area contributed by atoms with E-state index in [9.17, 15) is 22.4 Å². The topological polar surface area (TPSA) is 80.8 Å². The average molecular weight is 409 g/mol. The minimum atomic E-state index is -3.89. The summed E-state index contributed by atoms with van der Waals surface area (Å²) in [4.78, 5) is 24.8. The number of ether oxygens (including phenoxy) is 1. The summed E-state index contributed by atoms with van der Waals surface area (Å²) < 4.78 is 43.3. The number of benzene rings is 2. The van der Waals surface area contributed by atoms with Crippen LogP contribution in [0.25, 0.3) is 0 Å². The molecule has 1 aliphatic rings. The van der Waals surface area contributed by atoms with Crippen LogP contribution >= 0.6 is 11.8 Å². The standard InChI is InChI=1S/C18H16FNO5S2/c19-13-5-7-14(8-6-13)26-12-9-17(21)25-11-10-20-18(22)15-3-1-2-4-16(15)27(20,23)24/h1-8H,9-12H2. The predicted molar refractivity (Wildman–Crippen MR) is 97.4 cm³/mol. The van der Waals surface area contributed by atoms with Crippen LogP contribution in [0.5, 0.6) is 0 Å². The van der Waals surface area contributed by atoms with Crippen molar-refractivity contribution in [1.82, 2.24) is 4.31 Å².